The first-order valence-corrected chi connectivity index (χ1v) is 7.39. The van der Waals surface area contributed by atoms with Crippen molar-refractivity contribution in [1.82, 2.24) is 5.32 Å². The summed E-state index contributed by atoms with van der Waals surface area (Å²) in [6, 6.07) is 16.9. The fourth-order valence-electron chi connectivity index (χ4n) is 2.98. The van der Waals surface area contributed by atoms with Crippen LogP contribution in [0.1, 0.15) is 23.1 Å². The third-order valence-corrected chi connectivity index (χ3v) is 4.11. The lowest BCUT2D eigenvalue weighted by molar-refractivity contribution is 0.452. The van der Waals surface area contributed by atoms with Crippen molar-refractivity contribution in [1.29, 1.82) is 0 Å². The molecule has 3 rings (SSSR count). The summed E-state index contributed by atoms with van der Waals surface area (Å²) in [5.74, 6) is 0.383. The molecule has 1 aliphatic carbocycles. The number of fused-ring (bicyclic) bond motifs is 1. The maximum absolute atomic E-state index is 9.58. The molecular formula is C18H21NO. The van der Waals surface area contributed by atoms with Crippen LogP contribution in [0.15, 0.2) is 48.5 Å². The van der Waals surface area contributed by atoms with E-state index in [-0.39, 0.29) is 0 Å². The van der Waals surface area contributed by atoms with Gasteiger partial charge in [0.25, 0.3) is 0 Å². The number of hydrogen-bond donors (Lipinski definition) is 2. The van der Waals surface area contributed by atoms with Crippen LogP contribution < -0.4 is 5.32 Å². The molecule has 0 aromatic heterocycles. The van der Waals surface area contributed by atoms with Crippen LogP contribution in [0.4, 0.5) is 0 Å². The normalized spacial score (nSPS) is 17.7. The number of aryl methyl sites for hydroxylation is 1. The zero-order chi connectivity index (χ0) is 13.8. The molecule has 2 heteroatoms. The van der Waals surface area contributed by atoms with Gasteiger partial charge in [-0.25, -0.2) is 0 Å². The van der Waals surface area contributed by atoms with E-state index in [0.29, 0.717) is 11.8 Å². The summed E-state index contributed by atoms with van der Waals surface area (Å²) in [5, 5.41) is 13.2. The number of aromatic hydroxyl groups is 1. The molecule has 0 saturated heterocycles. The van der Waals surface area contributed by atoms with Crippen LogP contribution in [0, 0.1) is 0 Å². The Labute approximate surface area is 120 Å². The quantitative estimate of drug-likeness (QED) is 0.892. The van der Waals surface area contributed by atoms with Gasteiger partial charge in [0, 0.05) is 6.04 Å². The smallest absolute Gasteiger partial charge is 0.115 e. The minimum Gasteiger partial charge on any atom is -0.508 e. The van der Waals surface area contributed by atoms with E-state index in [9.17, 15) is 5.11 Å². The van der Waals surface area contributed by atoms with E-state index in [2.05, 4.69) is 41.7 Å². The summed E-state index contributed by atoms with van der Waals surface area (Å²) in [7, 11) is 0. The second-order valence-electron chi connectivity index (χ2n) is 5.58. The monoisotopic (exact) mass is 267 g/mol. The zero-order valence-corrected chi connectivity index (χ0v) is 11.7. The van der Waals surface area contributed by atoms with Crippen molar-refractivity contribution in [3.05, 3.63) is 65.2 Å². The van der Waals surface area contributed by atoms with Gasteiger partial charge >= 0.3 is 0 Å². The Morgan fingerprint density at radius 3 is 2.75 bits per heavy atom. The lowest BCUT2D eigenvalue weighted by Gasteiger charge is -2.25. The van der Waals surface area contributed by atoms with Crippen LogP contribution >= 0.6 is 0 Å². The summed E-state index contributed by atoms with van der Waals surface area (Å²) < 4.78 is 0. The first kappa shape index (κ1) is 13.2. The van der Waals surface area contributed by atoms with E-state index in [4.69, 9.17) is 0 Å². The molecule has 0 bridgehead atoms. The van der Waals surface area contributed by atoms with Crippen LogP contribution in [0.3, 0.4) is 0 Å². The Morgan fingerprint density at radius 2 is 1.90 bits per heavy atom. The number of phenolic OH excluding ortho intramolecular Hbond substituents is 1. The second kappa shape index (κ2) is 6.10. The van der Waals surface area contributed by atoms with Crippen LogP contribution in [-0.2, 0) is 19.3 Å². The van der Waals surface area contributed by atoms with E-state index >= 15 is 0 Å². The van der Waals surface area contributed by atoms with E-state index in [1.165, 1.54) is 23.1 Å². The average Bonchev–Trinajstić information content (AvgIpc) is 2.48. The Hall–Kier alpha value is -1.80. The van der Waals surface area contributed by atoms with Crippen LogP contribution in [-0.4, -0.2) is 17.7 Å². The number of phenols is 1. The molecule has 2 aromatic rings. The van der Waals surface area contributed by atoms with Crippen molar-refractivity contribution in [2.45, 2.75) is 31.7 Å². The molecule has 2 nitrogen and oxygen atoms in total. The van der Waals surface area contributed by atoms with Crippen molar-refractivity contribution in [2.24, 2.45) is 0 Å². The van der Waals surface area contributed by atoms with Gasteiger partial charge in [-0.1, -0.05) is 36.4 Å². The van der Waals surface area contributed by atoms with Gasteiger partial charge in [-0.05, 0) is 61.1 Å². The highest BCUT2D eigenvalue weighted by Gasteiger charge is 2.18. The highest BCUT2D eigenvalue weighted by molar-refractivity contribution is 5.37. The minimum absolute atomic E-state index is 0.383. The lowest BCUT2D eigenvalue weighted by atomic mass is 9.88. The van der Waals surface area contributed by atoms with Crippen molar-refractivity contribution in [3.8, 4) is 5.75 Å². The van der Waals surface area contributed by atoms with Gasteiger partial charge in [-0.15, -0.1) is 0 Å². The molecular weight excluding hydrogens is 246 g/mol. The molecule has 0 radical (unpaired) electrons. The standard InChI is InChI=1S/C18H21NO/c20-18-9-7-15-6-8-17(12-16(15)13-18)19-11-10-14-4-2-1-3-5-14/h1-5,7,9,13,17,19-20H,6,8,10-12H2/t17-/m0/s1. The number of nitrogens with one attached hydrogen (secondary N) is 1. The van der Waals surface area contributed by atoms with Crippen molar-refractivity contribution < 1.29 is 5.11 Å². The predicted octanol–water partition coefficient (Wildman–Crippen LogP) is 3.08. The van der Waals surface area contributed by atoms with E-state index < -0.39 is 0 Å². The molecule has 0 fully saturated rings. The van der Waals surface area contributed by atoms with Gasteiger partial charge in [-0.3, -0.25) is 0 Å². The van der Waals surface area contributed by atoms with E-state index in [0.717, 1.165) is 25.8 Å². The van der Waals surface area contributed by atoms with Crippen molar-refractivity contribution in [3.63, 3.8) is 0 Å². The molecule has 0 unspecified atom stereocenters. The molecule has 2 N–H and O–H groups in total. The van der Waals surface area contributed by atoms with Crippen LogP contribution in [0.5, 0.6) is 5.75 Å². The molecule has 0 aliphatic heterocycles. The molecule has 20 heavy (non-hydrogen) atoms. The van der Waals surface area contributed by atoms with Crippen molar-refractivity contribution >= 4 is 0 Å². The fraction of sp³-hybridized carbons (Fsp3) is 0.333. The van der Waals surface area contributed by atoms with Gasteiger partial charge in [0.15, 0.2) is 0 Å². The van der Waals surface area contributed by atoms with E-state index in [1.807, 2.05) is 6.07 Å². The topological polar surface area (TPSA) is 32.3 Å². The minimum atomic E-state index is 0.383. The summed E-state index contributed by atoms with van der Waals surface area (Å²) in [6.07, 6.45) is 4.40. The predicted molar refractivity (Wildman–Crippen MR) is 82.1 cm³/mol. The number of rotatable bonds is 4. The first-order chi connectivity index (χ1) is 9.81. The molecule has 0 heterocycles. The van der Waals surface area contributed by atoms with E-state index in [1.54, 1.807) is 6.07 Å². The van der Waals surface area contributed by atoms with Gasteiger partial charge < -0.3 is 10.4 Å². The lowest BCUT2D eigenvalue weighted by Crippen LogP contribution is -2.35. The van der Waals surface area contributed by atoms with Crippen molar-refractivity contribution in [2.75, 3.05) is 6.54 Å². The van der Waals surface area contributed by atoms with Crippen LogP contribution in [0.25, 0.3) is 0 Å². The number of hydrogen-bond acceptors (Lipinski definition) is 2. The van der Waals surface area contributed by atoms with Gasteiger partial charge in [0.1, 0.15) is 5.75 Å². The van der Waals surface area contributed by atoms with Gasteiger partial charge in [0.05, 0.1) is 0 Å². The highest BCUT2D eigenvalue weighted by atomic mass is 16.3. The highest BCUT2D eigenvalue weighted by Crippen LogP contribution is 2.24. The maximum atomic E-state index is 9.58. The molecule has 1 atom stereocenters. The Kier molecular flexibility index (Phi) is 4.03. The maximum Gasteiger partial charge on any atom is 0.115 e. The molecule has 0 amide bonds. The number of benzene rings is 2. The Morgan fingerprint density at radius 1 is 1.05 bits per heavy atom. The zero-order valence-electron chi connectivity index (χ0n) is 11.7. The molecule has 104 valence electrons. The molecule has 1 aliphatic rings. The molecule has 0 spiro atoms. The summed E-state index contributed by atoms with van der Waals surface area (Å²) >= 11 is 0. The molecule has 0 saturated carbocycles. The summed E-state index contributed by atoms with van der Waals surface area (Å²) in [6.45, 7) is 1.02. The Balaban J connectivity index is 1.53. The van der Waals surface area contributed by atoms with Crippen LogP contribution in [0.2, 0.25) is 0 Å². The molecule has 2 aromatic carbocycles. The largest absolute Gasteiger partial charge is 0.508 e. The second-order valence-corrected chi connectivity index (χ2v) is 5.58. The summed E-state index contributed by atoms with van der Waals surface area (Å²) in [5.41, 5.74) is 4.08. The third kappa shape index (κ3) is 3.20. The SMILES string of the molecule is Oc1ccc2c(c1)C[C@@H](NCCc1ccccc1)CC2. The third-order valence-electron chi connectivity index (χ3n) is 4.11. The first-order valence-electron chi connectivity index (χ1n) is 7.39. The van der Waals surface area contributed by atoms with Gasteiger partial charge in [-0.2, -0.15) is 0 Å². The Bertz CT molecular complexity index is 565. The average molecular weight is 267 g/mol. The van der Waals surface area contributed by atoms with Gasteiger partial charge in [0.2, 0.25) is 0 Å². The fourth-order valence-corrected chi connectivity index (χ4v) is 2.98. The summed E-state index contributed by atoms with van der Waals surface area (Å²) in [4.78, 5) is 0.